The average Bonchev–Trinajstić information content (AvgIpc) is 3.44. The van der Waals surface area contributed by atoms with Gasteiger partial charge in [0.15, 0.2) is 17.3 Å². The van der Waals surface area contributed by atoms with Crippen LogP contribution in [0.4, 0.5) is 0 Å². The monoisotopic (exact) mass is 671 g/mol. The summed E-state index contributed by atoms with van der Waals surface area (Å²) < 4.78 is 25.5. The Hall–Kier alpha value is -4.64. The molecule has 0 bridgehead atoms. The first-order chi connectivity index (χ1) is 20.4. The first-order valence-electron chi connectivity index (χ1n) is 13.1. The molecule has 0 amide bonds. The van der Waals surface area contributed by atoms with Gasteiger partial charge in [-0.1, -0.05) is 48.0 Å². The van der Waals surface area contributed by atoms with Gasteiger partial charge in [0.1, 0.15) is 17.9 Å². The first-order valence-corrected chi connectivity index (χ1v) is 14.2. The number of fused-ring (bicyclic) bond motifs is 2. The van der Waals surface area contributed by atoms with E-state index in [2.05, 4.69) is 46.7 Å². The van der Waals surface area contributed by atoms with E-state index < -0.39 is 0 Å². The van der Waals surface area contributed by atoms with Gasteiger partial charge in [0, 0.05) is 0 Å². The molecular weight excluding hydrogens is 645 g/mol. The number of para-hydroxylation sites is 1. The standard InChI is InChI=1S/C33H26IN3O5/c1-20-8-6-9-21(14-20)19-41-31-25(34)15-22(16-29(31)40-3)18-35-37-32(36-26-11-5-4-10-23(26)33(37)38)30-17-24-27(39-2)12-7-13-28(24)42-30/h4-18H,19H2,1-3H3. The van der Waals surface area contributed by atoms with Gasteiger partial charge in [0.2, 0.25) is 5.82 Å². The molecule has 42 heavy (non-hydrogen) atoms. The Kier molecular flexibility index (Phi) is 7.66. The number of furan rings is 1. The zero-order valence-corrected chi connectivity index (χ0v) is 25.3. The van der Waals surface area contributed by atoms with Crippen LogP contribution in [0.2, 0.25) is 0 Å². The van der Waals surface area contributed by atoms with Crippen LogP contribution in [-0.4, -0.2) is 30.1 Å². The summed E-state index contributed by atoms with van der Waals surface area (Å²) in [5.41, 5.74) is 3.79. The van der Waals surface area contributed by atoms with Crippen molar-refractivity contribution in [1.29, 1.82) is 0 Å². The fraction of sp³-hybridized carbons (Fsp3) is 0.121. The van der Waals surface area contributed by atoms with Crippen molar-refractivity contribution < 1.29 is 18.6 Å². The molecular formula is C33H26IN3O5. The topological polar surface area (TPSA) is 88.1 Å². The zero-order chi connectivity index (χ0) is 29.2. The Labute approximate surface area is 255 Å². The van der Waals surface area contributed by atoms with E-state index in [0.717, 1.165) is 20.1 Å². The number of hydrogen-bond acceptors (Lipinski definition) is 7. The van der Waals surface area contributed by atoms with Gasteiger partial charge >= 0.3 is 0 Å². The van der Waals surface area contributed by atoms with Crippen molar-refractivity contribution in [1.82, 2.24) is 9.66 Å². The second kappa shape index (κ2) is 11.7. The molecule has 0 atom stereocenters. The second-order valence-corrected chi connectivity index (χ2v) is 10.8. The molecule has 210 valence electrons. The maximum Gasteiger partial charge on any atom is 0.282 e. The van der Waals surface area contributed by atoms with Gasteiger partial charge in [-0.25, -0.2) is 4.98 Å². The van der Waals surface area contributed by atoms with Gasteiger partial charge in [-0.15, -0.1) is 0 Å². The van der Waals surface area contributed by atoms with E-state index in [-0.39, 0.29) is 11.4 Å². The molecule has 0 aliphatic heterocycles. The van der Waals surface area contributed by atoms with Crippen LogP contribution in [0.25, 0.3) is 33.5 Å². The van der Waals surface area contributed by atoms with Gasteiger partial charge in [0.05, 0.1) is 40.3 Å². The minimum atomic E-state index is -0.320. The third-order valence-electron chi connectivity index (χ3n) is 6.76. The van der Waals surface area contributed by atoms with Crippen LogP contribution in [0.15, 0.2) is 99.2 Å². The summed E-state index contributed by atoms with van der Waals surface area (Å²) in [5.74, 6) is 2.52. The normalized spacial score (nSPS) is 11.4. The lowest BCUT2D eigenvalue weighted by atomic mass is 10.1. The van der Waals surface area contributed by atoms with E-state index in [0.29, 0.717) is 46.1 Å². The van der Waals surface area contributed by atoms with E-state index in [1.807, 2.05) is 54.6 Å². The minimum Gasteiger partial charge on any atom is -0.496 e. The largest absolute Gasteiger partial charge is 0.496 e. The van der Waals surface area contributed by atoms with E-state index in [1.165, 1.54) is 10.2 Å². The molecule has 0 N–H and O–H groups in total. The predicted octanol–water partition coefficient (Wildman–Crippen LogP) is 7.20. The summed E-state index contributed by atoms with van der Waals surface area (Å²) in [7, 11) is 3.20. The Bertz CT molecular complexity index is 2030. The number of methoxy groups -OCH3 is 2. The van der Waals surface area contributed by atoms with E-state index in [1.54, 1.807) is 38.6 Å². The number of ether oxygens (including phenoxy) is 3. The molecule has 0 radical (unpaired) electrons. The molecule has 0 spiro atoms. The fourth-order valence-corrected chi connectivity index (χ4v) is 5.53. The summed E-state index contributed by atoms with van der Waals surface area (Å²) in [4.78, 5) is 18.4. The molecule has 4 aromatic carbocycles. The number of aryl methyl sites for hydroxylation is 1. The van der Waals surface area contributed by atoms with Gasteiger partial charge in [-0.05, 0) is 83.1 Å². The molecule has 0 aliphatic rings. The maximum absolute atomic E-state index is 13.7. The van der Waals surface area contributed by atoms with Crippen LogP contribution in [0.5, 0.6) is 17.2 Å². The average molecular weight is 671 g/mol. The Morgan fingerprint density at radius 2 is 1.74 bits per heavy atom. The lowest BCUT2D eigenvalue weighted by Crippen LogP contribution is -2.20. The Morgan fingerprint density at radius 1 is 0.929 bits per heavy atom. The highest BCUT2D eigenvalue weighted by Gasteiger charge is 2.18. The van der Waals surface area contributed by atoms with Gasteiger partial charge in [0.25, 0.3) is 5.56 Å². The smallest absolute Gasteiger partial charge is 0.282 e. The molecule has 2 heterocycles. The number of rotatable bonds is 8. The van der Waals surface area contributed by atoms with Crippen molar-refractivity contribution >= 4 is 50.7 Å². The Balaban J connectivity index is 1.41. The zero-order valence-electron chi connectivity index (χ0n) is 23.1. The first kappa shape index (κ1) is 27.5. The van der Waals surface area contributed by atoms with Crippen LogP contribution in [0.3, 0.4) is 0 Å². The van der Waals surface area contributed by atoms with Crippen molar-refractivity contribution in [3.05, 3.63) is 116 Å². The second-order valence-electron chi connectivity index (χ2n) is 9.61. The highest BCUT2D eigenvalue weighted by Crippen LogP contribution is 2.35. The van der Waals surface area contributed by atoms with Gasteiger partial charge in [-0.3, -0.25) is 4.79 Å². The molecule has 0 saturated carbocycles. The quantitative estimate of drug-likeness (QED) is 0.126. The van der Waals surface area contributed by atoms with E-state index in [4.69, 9.17) is 23.6 Å². The molecule has 0 unspecified atom stereocenters. The van der Waals surface area contributed by atoms with E-state index in [9.17, 15) is 4.79 Å². The summed E-state index contributed by atoms with van der Waals surface area (Å²) >= 11 is 2.21. The van der Waals surface area contributed by atoms with Crippen molar-refractivity contribution in [2.75, 3.05) is 14.2 Å². The number of halogens is 1. The molecule has 9 heteroatoms. The SMILES string of the molecule is COc1cc(C=Nn2c(-c3cc4c(OC)cccc4o3)nc3ccccc3c2=O)cc(I)c1OCc1cccc(C)c1. The van der Waals surface area contributed by atoms with Gasteiger partial charge in [-0.2, -0.15) is 9.78 Å². The molecule has 0 fully saturated rings. The highest BCUT2D eigenvalue weighted by molar-refractivity contribution is 14.1. The number of hydrogen-bond donors (Lipinski definition) is 0. The lowest BCUT2D eigenvalue weighted by molar-refractivity contribution is 0.282. The highest BCUT2D eigenvalue weighted by atomic mass is 127. The molecule has 6 rings (SSSR count). The number of benzene rings is 4. The molecule has 8 nitrogen and oxygen atoms in total. The van der Waals surface area contributed by atoms with Crippen LogP contribution < -0.4 is 19.8 Å². The van der Waals surface area contributed by atoms with Crippen LogP contribution in [0, 0.1) is 10.5 Å². The predicted molar refractivity (Wildman–Crippen MR) is 172 cm³/mol. The molecule has 6 aromatic rings. The molecule has 2 aromatic heterocycles. The number of aromatic nitrogens is 2. The van der Waals surface area contributed by atoms with Crippen LogP contribution in [-0.2, 0) is 6.61 Å². The molecule has 0 aliphatic carbocycles. The van der Waals surface area contributed by atoms with Crippen LogP contribution in [0.1, 0.15) is 16.7 Å². The van der Waals surface area contributed by atoms with Crippen LogP contribution >= 0.6 is 22.6 Å². The summed E-state index contributed by atoms with van der Waals surface area (Å²) in [6.45, 7) is 2.46. The third kappa shape index (κ3) is 5.35. The Morgan fingerprint density at radius 3 is 2.55 bits per heavy atom. The van der Waals surface area contributed by atoms with Crippen molar-refractivity contribution in [3.63, 3.8) is 0 Å². The van der Waals surface area contributed by atoms with Crippen molar-refractivity contribution in [3.8, 4) is 28.8 Å². The van der Waals surface area contributed by atoms with E-state index >= 15 is 0 Å². The number of nitrogens with zero attached hydrogens (tertiary/aromatic N) is 3. The fourth-order valence-electron chi connectivity index (χ4n) is 4.75. The van der Waals surface area contributed by atoms with Crippen molar-refractivity contribution in [2.45, 2.75) is 13.5 Å². The maximum atomic E-state index is 13.7. The van der Waals surface area contributed by atoms with Crippen molar-refractivity contribution in [2.24, 2.45) is 5.10 Å². The third-order valence-corrected chi connectivity index (χ3v) is 7.56. The van der Waals surface area contributed by atoms with Gasteiger partial charge < -0.3 is 18.6 Å². The minimum absolute atomic E-state index is 0.271. The summed E-state index contributed by atoms with van der Waals surface area (Å²) in [6, 6.07) is 26.4. The summed E-state index contributed by atoms with van der Waals surface area (Å²) in [6.07, 6.45) is 1.60. The summed E-state index contributed by atoms with van der Waals surface area (Å²) in [5, 5.41) is 5.81. The molecule has 0 saturated heterocycles. The lowest BCUT2D eigenvalue weighted by Gasteiger charge is -2.14.